The van der Waals surface area contributed by atoms with Gasteiger partial charge in [0.25, 0.3) is 0 Å². The van der Waals surface area contributed by atoms with Crippen molar-refractivity contribution in [2.24, 2.45) is 5.73 Å². The van der Waals surface area contributed by atoms with Crippen LogP contribution in [0.15, 0.2) is 12.1 Å². The molecule has 0 saturated carbocycles. The Hall–Kier alpha value is -1.82. The zero-order chi connectivity index (χ0) is 11.6. The molecule has 15 heavy (non-hydrogen) atoms. The third-order valence-corrected chi connectivity index (χ3v) is 1.90. The first-order valence-electron chi connectivity index (χ1n) is 4.02. The van der Waals surface area contributed by atoms with Gasteiger partial charge in [0.15, 0.2) is 17.3 Å². The molecule has 1 rings (SSSR count). The van der Waals surface area contributed by atoms with Crippen molar-refractivity contribution in [1.29, 1.82) is 0 Å². The third-order valence-electron chi connectivity index (χ3n) is 1.90. The summed E-state index contributed by atoms with van der Waals surface area (Å²) >= 11 is 0. The second-order valence-corrected chi connectivity index (χ2v) is 2.87. The monoisotopic (exact) mass is 215 g/mol. The molecule has 0 aliphatic heterocycles. The van der Waals surface area contributed by atoms with Crippen LogP contribution in [0.5, 0.6) is 11.5 Å². The van der Waals surface area contributed by atoms with Crippen molar-refractivity contribution in [2.75, 3.05) is 7.11 Å². The Morgan fingerprint density at radius 1 is 1.60 bits per heavy atom. The molecule has 1 aromatic rings. The van der Waals surface area contributed by atoms with E-state index in [1.165, 1.54) is 13.2 Å². The van der Waals surface area contributed by atoms with Gasteiger partial charge in [-0.25, -0.2) is 4.39 Å². The number of rotatable bonds is 3. The van der Waals surface area contributed by atoms with Gasteiger partial charge in [-0.3, -0.25) is 4.79 Å². The lowest BCUT2D eigenvalue weighted by molar-refractivity contribution is -0.138. The molecule has 1 unspecified atom stereocenters. The van der Waals surface area contributed by atoms with E-state index in [9.17, 15) is 9.18 Å². The molecule has 0 aliphatic carbocycles. The van der Waals surface area contributed by atoms with Crippen LogP contribution in [0.3, 0.4) is 0 Å². The molecule has 0 saturated heterocycles. The highest BCUT2D eigenvalue weighted by molar-refractivity contribution is 5.75. The van der Waals surface area contributed by atoms with Crippen LogP contribution in [0.2, 0.25) is 0 Å². The van der Waals surface area contributed by atoms with Gasteiger partial charge < -0.3 is 20.7 Å². The number of methoxy groups -OCH3 is 1. The molecule has 5 nitrogen and oxygen atoms in total. The van der Waals surface area contributed by atoms with Crippen molar-refractivity contribution >= 4 is 5.97 Å². The minimum atomic E-state index is -1.35. The minimum Gasteiger partial charge on any atom is -0.502 e. The molecule has 1 atom stereocenters. The van der Waals surface area contributed by atoms with Gasteiger partial charge in [-0.15, -0.1) is 0 Å². The van der Waals surface area contributed by atoms with Crippen molar-refractivity contribution in [3.8, 4) is 11.5 Å². The second kappa shape index (κ2) is 4.14. The van der Waals surface area contributed by atoms with Gasteiger partial charge in [0.2, 0.25) is 0 Å². The summed E-state index contributed by atoms with van der Waals surface area (Å²) in [6.07, 6.45) is 0. The van der Waals surface area contributed by atoms with E-state index in [0.717, 1.165) is 6.07 Å². The molecule has 0 bridgehead atoms. The number of aromatic hydroxyl groups is 1. The number of halogens is 1. The maximum absolute atomic E-state index is 13.1. The number of carbonyl (C=O) groups is 1. The van der Waals surface area contributed by atoms with E-state index < -0.39 is 23.6 Å². The summed E-state index contributed by atoms with van der Waals surface area (Å²) in [6, 6.07) is 0.683. The third kappa shape index (κ3) is 2.16. The average molecular weight is 215 g/mol. The van der Waals surface area contributed by atoms with Crippen LogP contribution in [0.25, 0.3) is 0 Å². The molecule has 0 radical (unpaired) electrons. The zero-order valence-electron chi connectivity index (χ0n) is 7.90. The lowest BCUT2D eigenvalue weighted by Crippen LogP contribution is -2.20. The largest absolute Gasteiger partial charge is 0.502 e. The predicted octanol–water partition coefficient (Wildman–Crippen LogP) is 0.624. The quantitative estimate of drug-likeness (QED) is 0.687. The average Bonchev–Trinajstić information content (AvgIpc) is 2.20. The fraction of sp³-hybridized carbons (Fsp3) is 0.222. The second-order valence-electron chi connectivity index (χ2n) is 2.87. The van der Waals surface area contributed by atoms with E-state index in [1.807, 2.05) is 0 Å². The Morgan fingerprint density at radius 3 is 2.67 bits per heavy atom. The summed E-state index contributed by atoms with van der Waals surface area (Å²) in [4.78, 5) is 10.5. The minimum absolute atomic E-state index is 0.0228. The number of phenolic OH excluding ortho intramolecular Hbond substituents is 1. The van der Waals surface area contributed by atoms with Crippen LogP contribution in [0, 0.1) is 5.82 Å². The van der Waals surface area contributed by atoms with Crippen LogP contribution < -0.4 is 10.5 Å². The number of hydrogen-bond donors (Lipinski definition) is 3. The van der Waals surface area contributed by atoms with E-state index in [4.69, 9.17) is 15.9 Å². The number of aliphatic carboxylic acids is 1. The Morgan fingerprint density at radius 2 is 2.20 bits per heavy atom. The van der Waals surface area contributed by atoms with Gasteiger partial charge in [0.1, 0.15) is 6.04 Å². The number of phenols is 1. The molecule has 0 amide bonds. The Kier molecular flexibility index (Phi) is 3.11. The number of nitrogens with two attached hydrogens (primary N) is 1. The zero-order valence-corrected chi connectivity index (χ0v) is 7.90. The van der Waals surface area contributed by atoms with Crippen LogP contribution in [-0.4, -0.2) is 23.3 Å². The van der Waals surface area contributed by atoms with Crippen molar-refractivity contribution in [2.45, 2.75) is 6.04 Å². The normalized spacial score (nSPS) is 12.2. The van der Waals surface area contributed by atoms with Crippen LogP contribution in [-0.2, 0) is 4.79 Å². The number of benzene rings is 1. The highest BCUT2D eigenvalue weighted by atomic mass is 19.1. The molecule has 4 N–H and O–H groups in total. The molecular weight excluding hydrogens is 205 g/mol. The summed E-state index contributed by atoms with van der Waals surface area (Å²) in [5, 5.41) is 17.8. The maximum Gasteiger partial charge on any atom is 0.325 e. The SMILES string of the molecule is COc1cc(C(N)C(=O)O)cc(F)c1O. The molecule has 0 aromatic heterocycles. The first kappa shape index (κ1) is 11.3. The highest BCUT2D eigenvalue weighted by Crippen LogP contribution is 2.31. The molecule has 6 heteroatoms. The van der Waals surface area contributed by atoms with E-state index >= 15 is 0 Å². The fourth-order valence-corrected chi connectivity index (χ4v) is 1.07. The van der Waals surface area contributed by atoms with Crippen LogP contribution >= 0.6 is 0 Å². The Bertz CT molecular complexity index is 394. The van der Waals surface area contributed by atoms with E-state index in [-0.39, 0.29) is 11.3 Å². The molecular formula is C9H10FNO4. The van der Waals surface area contributed by atoms with Crippen LogP contribution in [0.1, 0.15) is 11.6 Å². The first-order chi connectivity index (χ1) is 6.97. The van der Waals surface area contributed by atoms with Crippen molar-refractivity contribution in [3.05, 3.63) is 23.5 Å². The molecule has 0 aliphatic rings. The number of hydrogen-bond acceptors (Lipinski definition) is 4. The van der Waals surface area contributed by atoms with Gasteiger partial charge in [0.05, 0.1) is 7.11 Å². The highest BCUT2D eigenvalue weighted by Gasteiger charge is 2.19. The Labute approximate surface area is 84.9 Å². The van der Waals surface area contributed by atoms with Crippen molar-refractivity contribution in [1.82, 2.24) is 0 Å². The fourth-order valence-electron chi connectivity index (χ4n) is 1.07. The molecule has 0 heterocycles. The van der Waals surface area contributed by atoms with Crippen molar-refractivity contribution < 1.29 is 24.1 Å². The molecule has 82 valence electrons. The summed E-state index contributed by atoms with van der Waals surface area (Å²) < 4.78 is 17.7. The van der Waals surface area contributed by atoms with Gasteiger partial charge in [-0.2, -0.15) is 0 Å². The Balaban J connectivity index is 3.22. The first-order valence-corrected chi connectivity index (χ1v) is 4.02. The van der Waals surface area contributed by atoms with E-state index in [2.05, 4.69) is 4.74 Å². The standard InChI is InChI=1S/C9H10FNO4/c1-15-6-3-4(7(11)9(13)14)2-5(10)8(6)12/h2-3,7,12H,11H2,1H3,(H,13,14). The molecule has 0 spiro atoms. The van der Waals surface area contributed by atoms with E-state index in [0.29, 0.717) is 0 Å². The summed E-state index contributed by atoms with van der Waals surface area (Å²) in [5.74, 6) is -3.08. The maximum atomic E-state index is 13.1. The van der Waals surface area contributed by atoms with Gasteiger partial charge >= 0.3 is 5.97 Å². The summed E-state index contributed by atoms with van der Waals surface area (Å²) in [7, 11) is 1.23. The lowest BCUT2D eigenvalue weighted by Gasteiger charge is -2.10. The molecule has 1 aromatic carbocycles. The smallest absolute Gasteiger partial charge is 0.325 e. The van der Waals surface area contributed by atoms with Gasteiger partial charge in [0, 0.05) is 0 Å². The predicted molar refractivity (Wildman–Crippen MR) is 49.2 cm³/mol. The van der Waals surface area contributed by atoms with E-state index in [1.54, 1.807) is 0 Å². The van der Waals surface area contributed by atoms with Crippen LogP contribution in [0.4, 0.5) is 4.39 Å². The van der Waals surface area contributed by atoms with Gasteiger partial charge in [-0.05, 0) is 17.7 Å². The summed E-state index contributed by atoms with van der Waals surface area (Å²) in [6.45, 7) is 0. The number of carboxylic acid groups (broad SMARTS) is 1. The number of ether oxygens (including phenoxy) is 1. The summed E-state index contributed by atoms with van der Waals surface area (Å²) in [5.41, 5.74) is 5.30. The topological polar surface area (TPSA) is 92.8 Å². The van der Waals surface area contributed by atoms with Gasteiger partial charge in [-0.1, -0.05) is 0 Å². The molecule has 0 fully saturated rings. The van der Waals surface area contributed by atoms with Crippen molar-refractivity contribution in [3.63, 3.8) is 0 Å². The lowest BCUT2D eigenvalue weighted by atomic mass is 10.1. The number of carboxylic acids is 1.